The van der Waals surface area contributed by atoms with Crippen molar-refractivity contribution in [2.45, 2.75) is 34.2 Å². The minimum atomic E-state index is -0.203. The van der Waals surface area contributed by atoms with Gasteiger partial charge in [-0.3, -0.25) is 9.48 Å². The third kappa shape index (κ3) is 4.27. The SMILES string of the molecule is COc1cccc(C(=O)Nc2ccc(-c3nc(Cn4nc(C)c(C)c4C)c(C)o3)cc2)c1. The van der Waals surface area contributed by atoms with Crippen LogP contribution in [-0.4, -0.2) is 27.8 Å². The lowest BCUT2D eigenvalue weighted by Crippen LogP contribution is -2.11. The van der Waals surface area contributed by atoms with Crippen LogP contribution in [0.25, 0.3) is 11.5 Å². The van der Waals surface area contributed by atoms with Crippen molar-refractivity contribution < 1.29 is 13.9 Å². The standard InChI is InChI=1S/C25H26N4O3/c1-15-16(2)28-29(17(15)3)14-23-18(4)32-25(27-23)19-9-11-21(12-10-19)26-24(30)20-7-6-8-22(13-20)31-5/h6-13H,14H2,1-5H3,(H,26,30). The summed E-state index contributed by atoms with van der Waals surface area (Å²) in [5.74, 6) is 1.74. The summed E-state index contributed by atoms with van der Waals surface area (Å²) < 4.78 is 13.0. The quantitative estimate of drug-likeness (QED) is 0.461. The Labute approximate surface area is 187 Å². The number of hydrogen-bond donors (Lipinski definition) is 1. The first-order valence-electron chi connectivity index (χ1n) is 10.4. The van der Waals surface area contributed by atoms with Gasteiger partial charge in [-0.15, -0.1) is 0 Å². The predicted molar refractivity (Wildman–Crippen MR) is 123 cm³/mol. The molecule has 0 aliphatic heterocycles. The maximum atomic E-state index is 12.5. The van der Waals surface area contributed by atoms with Gasteiger partial charge < -0.3 is 14.5 Å². The number of amides is 1. The maximum Gasteiger partial charge on any atom is 0.255 e. The van der Waals surface area contributed by atoms with Crippen molar-refractivity contribution in [3.05, 3.63) is 82.5 Å². The highest BCUT2D eigenvalue weighted by atomic mass is 16.5. The molecule has 32 heavy (non-hydrogen) atoms. The zero-order valence-corrected chi connectivity index (χ0v) is 18.9. The second-order valence-electron chi connectivity index (χ2n) is 7.74. The third-order valence-corrected chi connectivity index (χ3v) is 5.66. The van der Waals surface area contributed by atoms with Crippen LogP contribution in [0.3, 0.4) is 0 Å². The van der Waals surface area contributed by atoms with Crippen LogP contribution in [-0.2, 0) is 6.54 Å². The van der Waals surface area contributed by atoms with Crippen molar-refractivity contribution in [2.75, 3.05) is 12.4 Å². The van der Waals surface area contributed by atoms with E-state index in [1.807, 2.05) is 42.8 Å². The highest BCUT2D eigenvalue weighted by molar-refractivity contribution is 6.04. The summed E-state index contributed by atoms with van der Waals surface area (Å²) in [6.45, 7) is 8.61. The van der Waals surface area contributed by atoms with Crippen LogP contribution in [0.4, 0.5) is 5.69 Å². The summed E-state index contributed by atoms with van der Waals surface area (Å²) in [7, 11) is 1.57. The number of nitrogens with zero attached hydrogens (tertiary/aromatic N) is 3. The molecule has 0 saturated carbocycles. The second kappa shape index (κ2) is 8.70. The fraction of sp³-hybridized carbons (Fsp3) is 0.240. The van der Waals surface area contributed by atoms with Crippen molar-refractivity contribution in [1.29, 1.82) is 0 Å². The van der Waals surface area contributed by atoms with Crippen molar-refractivity contribution in [1.82, 2.24) is 14.8 Å². The number of anilines is 1. The average molecular weight is 431 g/mol. The first-order valence-corrected chi connectivity index (χ1v) is 10.4. The zero-order valence-electron chi connectivity index (χ0n) is 18.9. The van der Waals surface area contributed by atoms with Crippen LogP contribution in [0.2, 0.25) is 0 Å². The Balaban J connectivity index is 1.49. The van der Waals surface area contributed by atoms with Gasteiger partial charge in [-0.1, -0.05) is 6.07 Å². The van der Waals surface area contributed by atoms with Gasteiger partial charge in [-0.2, -0.15) is 5.10 Å². The molecular formula is C25H26N4O3. The summed E-state index contributed by atoms with van der Waals surface area (Å²) in [6, 6.07) is 14.4. The lowest BCUT2D eigenvalue weighted by Gasteiger charge is -2.07. The van der Waals surface area contributed by atoms with Crippen LogP contribution in [0.1, 0.15) is 38.8 Å². The van der Waals surface area contributed by atoms with E-state index >= 15 is 0 Å². The van der Waals surface area contributed by atoms with Gasteiger partial charge in [-0.25, -0.2) is 4.98 Å². The number of carbonyl (C=O) groups excluding carboxylic acids is 1. The molecule has 164 valence electrons. The van der Waals surface area contributed by atoms with E-state index in [4.69, 9.17) is 9.15 Å². The van der Waals surface area contributed by atoms with E-state index in [-0.39, 0.29) is 5.91 Å². The monoisotopic (exact) mass is 430 g/mol. The lowest BCUT2D eigenvalue weighted by molar-refractivity contribution is 0.102. The molecule has 0 aliphatic rings. The highest BCUT2D eigenvalue weighted by Gasteiger charge is 2.15. The van der Waals surface area contributed by atoms with E-state index in [1.165, 1.54) is 5.56 Å². The Morgan fingerprint density at radius 3 is 2.50 bits per heavy atom. The fourth-order valence-electron chi connectivity index (χ4n) is 3.44. The molecule has 7 heteroatoms. The predicted octanol–water partition coefficient (Wildman–Crippen LogP) is 5.08. The van der Waals surface area contributed by atoms with Crippen molar-refractivity contribution in [2.24, 2.45) is 0 Å². The number of aromatic nitrogens is 3. The normalized spacial score (nSPS) is 10.9. The molecule has 1 N–H and O–H groups in total. The van der Waals surface area contributed by atoms with E-state index in [9.17, 15) is 4.79 Å². The molecule has 4 rings (SSSR count). The molecule has 7 nitrogen and oxygen atoms in total. The number of ether oxygens (including phenoxy) is 1. The topological polar surface area (TPSA) is 82.2 Å². The van der Waals surface area contributed by atoms with Crippen LogP contribution in [0, 0.1) is 27.7 Å². The minimum absolute atomic E-state index is 0.203. The summed E-state index contributed by atoms with van der Waals surface area (Å²) in [5.41, 5.74) is 6.24. The second-order valence-corrected chi connectivity index (χ2v) is 7.74. The zero-order chi connectivity index (χ0) is 22.8. The fourth-order valence-corrected chi connectivity index (χ4v) is 3.44. The van der Waals surface area contributed by atoms with Gasteiger partial charge in [-0.05, 0) is 75.7 Å². The van der Waals surface area contributed by atoms with Gasteiger partial charge in [0.25, 0.3) is 5.91 Å². The van der Waals surface area contributed by atoms with E-state index in [2.05, 4.69) is 29.2 Å². The van der Waals surface area contributed by atoms with Gasteiger partial charge in [0.1, 0.15) is 17.2 Å². The number of carbonyl (C=O) groups is 1. The van der Waals surface area contributed by atoms with Crippen molar-refractivity contribution in [3.63, 3.8) is 0 Å². The van der Waals surface area contributed by atoms with Gasteiger partial charge in [0.15, 0.2) is 0 Å². The lowest BCUT2D eigenvalue weighted by atomic mass is 10.1. The Morgan fingerprint density at radius 2 is 1.84 bits per heavy atom. The van der Waals surface area contributed by atoms with Crippen molar-refractivity contribution >= 4 is 11.6 Å². The number of rotatable bonds is 6. The van der Waals surface area contributed by atoms with E-state index < -0.39 is 0 Å². The van der Waals surface area contributed by atoms with E-state index in [0.717, 1.165) is 28.4 Å². The third-order valence-electron chi connectivity index (χ3n) is 5.66. The molecule has 4 aromatic rings. The first kappa shape index (κ1) is 21.4. The number of hydrogen-bond acceptors (Lipinski definition) is 5. The number of oxazole rings is 1. The molecule has 2 aromatic carbocycles. The van der Waals surface area contributed by atoms with Gasteiger partial charge in [0, 0.05) is 22.5 Å². The molecule has 1 amide bonds. The van der Waals surface area contributed by atoms with Crippen molar-refractivity contribution in [3.8, 4) is 17.2 Å². The molecule has 0 saturated heterocycles. The van der Waals surface area contributed by atoms with Crippen LogP contribution in [0.15, 0.2) is 52.9 Å². The molecule has 2 aromatic heterocycles. The number of nitrogens with one attached hydrogen (secondary N) is 1. The summed E-state index contributed by atoms with van der Waals surface area (Å²) in [6.07, 6.45) is 0. The van der Waals surface area contributed by atoms with Gasteiger partial charge in [0.05, 0.1) is 19.3 Å². The molecule has 0 atom stereocenters. The van der Waals surface area contributed by atoms with Gasteiger partial charge >= 0.3 is 0 Å². The largest absolute Gasteiger partial charge is 0.497 e. The molecule has 0 radical (unpaired) electrons. The minimum Gasteiger partial charge on any atom is -0.497 e. The Hall–Kier alpha value is -3.87. The molecular weight excluding hydrogens is 404 g/mol. The van der Waals surface area contributed by atoms with Gasteiger partial charge in [0.2, 0.25) is 5.89 Å². The molecule has 0 aliphatic carbocycles. The summed E-state index contributed by atoms with van der Waals surface area (Å²) in [5, 5.41) is 7.48. The summed E-state index contributed by atoms with van der Waals surface area (Å²) >= 11 is 0. The van der Waals surface area contributed by atoms with Crippen LogP contribution in [0.5, 0.6) is 5.75 Å². The van der Waals surface area contributed by atoms with Crippen LogP contribution >= 0.6 is 0 Å². The number of methoxy groups -OCH3 is 1. The summed E-state index contributed by atoms with van der Waals surface area (Å²) in [4.78, 5) is 17.2. The molecule has 2 heterocycles. The molecule has 0 spiro atoms. The van der Waals surface area contributed by atoms with E-state index in [1.54, 1.807) is 31.4 Å². The number of benzene rings is 2. The Bertz CT molecular complexity index is 1270. The Morgan fingerprint density at radius 1 is 1.09 bits per heavy atom. The Kier molecular flexibility index (Phi) is 5.81. The highest BCUT2D eigenvalue weighted by Crippen LogP contribution is 2.25. The first-order chi connectivity index (χ1) is 15.4. The van der Waals surface area contributed by atoms with E-state index in [0.29, 0.717) is 29.4 Å². The molecule has 0 bridgehead atoms. The molecule has 0 unspecified atom stereocenters. The maximum absolute atomic E-state index is 12.5. The number of aryl methyl sites for hydroxylation is 2. The molecule has 0 fully saturated rings. The smallest absolute Gasteiger partial charge is 0.255 e. The average Bonchev–Trinajstić information content (AvgIpc) is 3.28. The van der Waals surface area contributed by atoms with Crippen LogP contribution < -0.4 is 10.1 Å².